The van der Waals surface area contributed by atoms with Crippen molar-refractivity contribution in [2.45, 2.75) is 32.2 Å². The summed E-state index contributed by atoms with van der Waals surface area (Å²) in [5, 5.41) is 23.3. The highest BCUT2D eigenvalue weighted by Gasteiger charge is 2.26. The Labute approximate surface area is 199 Å². The van der Waals surface area contributed by atoms with Gasteiger partial charge in [0, 0.05) is 37.7 Å². The van der Waals surface area contributed by atoms with Gasteiger partial charge in [-0.2, -0.15) is 4.98 Å². The minimum absolute atomic E-state index is 0.0192. The number of nitrogens with zero attached hydrogens (tertiary/aromatic N) is 2. The lowest BCUT2D eigenvalue weighted by Gasteiger charge is -2.30. The third-order valence-corrected chi connectivity index (χ3v) is 5.60. The van der Waals surface area contributed by atoms with Gasteiger partial charge in [0.1, 0.15) is 11.9 Å². The van der Waals surface area contributed by atoms with Crippen LogP contribution >= 0.6 is 0 Å². The predicted octanol–water partition coefficient (Wildman–Crippen LogP) is 0.0372. The molecule has 0 saturated heterocycles. The van der Waals surface area contributed by atoms with E-state index in [1.165, 1.54) is 24.0 Å². The van der Waals surface area contributed by atoms with Crippen LogP contribution in [-0.2, 0) is 20.8 Å². The van der Waals surface area contributed by atoms with Gasteiger partial charge in [0.15, 0.2) is 0 Å². The number of aromatic nitrogens is 2. The molecule has 1 aromatic heterocycles. The van der Waals surface area contributed by atoms with Crippen LogP contribution in [0.15, 0.2) is 29.1 Å². The van der Waals surface area contributed by atoms with Crippen LogP contribution in [-0.4, -0.2) is 63.1 Å². The third-order valence-electron chi connectivity index (χ3n) is 5.60. The standard InChI is InChI=1S/C22H26N6O7/c1-11(29)28(10-12-8-15-18(24-9-12)26-22(23)27-20(15)33)14-4-2-13(3-5-14)19(32)25-16(21(34)35)6-7-17(30)31/h2-5,12,16H,6-10H2,1H3,(H,25,32)(H,30,31)(H,34,35)(H4,23,24,26,27,33)/t12?,16-/m0/s1. The molecule has 0 fully saturated rings. The average molecular weight is 486 g/mol. The van der Waals surface area contributed by atoms with Gasteiger partial charge in [0.2, 0.25) is 11.9 Å². The van der Waals surface area contributed by atoms with Gasteiger partial charge in [-0.05, 0) is 43.0 Å². The lowest BCUT2D eigenvalue weighted by molar-refractivity contribution is -0.140. The van der Waals surface area contributed by atoms with Gasteiger partial charge in [-0.3, -0.25) is 24.2 Å². The van der Waals surface area contributed by atoms with Gasteiger partial charge < -0.3 is 31.5 Å². The number of carboxylic acid groups (broad SMARTS) is 2. The number of nitrogen functional groups attached to an aromatic ring is 1. The van der Waals surface area contributed by atoms with Crippen molar-refractivity contribution in [2.24, 2.45) is 5.92 Å². The van der Waals surface area contributed by atoms with Crippen LogP contribution in [0.5, 0.6) is 0 Å². The number of hydrogen-bond acceptors (Lipinski definition) is 8. The summed E-state index contributed by atoms with van der Waals surface area (Å²) in [6.45, 7) is 2.17. The van der Waals surface area contributed by atoms with E-state index < -0.39 is 30.3 Å². The topological polar surface area (TPSA) is 208 Å². The fourth-order valence-electron chi connectivity index (χ4n) is 3.82. The largest absolute Gasteiger partial charge is 0.481 e. The number of aliphatic carboxylic acids is 2. The predicted molar refractivity (Wildman–Crippen MR) is 125 cm³/mol. The molecule has 13 heteroatoms. The van der Waals surface area contributed by atoms with Gasteiger partial charge in [-0.25, -0.2) is 4.79 Å². The van der Waals surface area contributed by atoms with Crippen molar-refractivity contribution in [3.05, 3.63) is 45.7 Å². The molecule has 1 aliphatic heterocycles. The molecule has 0 saturated carbocycles. The second-order valence-electron chi connectivity index (χ2n) is 8.20. The first-order valence-corrected chi connectivity index (χ1v) is 10.8. The van der Waals surface area contributed by atoms with Crippen molar-refractivity contribution < 1.29 is 29.4 Å². The minimum atomic E-state index is -1.35. The molecule has 0 bridgehead atoms. The Kier molecular flexibility index (Phi) is 7.69. The Hall–Kier alpha value is -4.42. The molecule has 2 amide bonds. The van der Waals surface area contributed by atoms with Crippen LogP contribution in [0.25, 0.3) is 0 Å². The number of carboxylic acids is 2. The monoisotopic (exact) mass is 486 g/mol. The van der Waals surface area contributed by atoms with Crippen LogP contribution in [0.1, 0.15) is 35.7 Å². The number of benzene rings is 1. The number of hydrogen-bond donors (Lipinski definition) is 6. The Morgan fingerprint density at radius 3 is 2.51 bits per heavy atom. The molecule has 186 valence electrons. The summed E-state index contributed by atoms with van der Waals surface area (Å²) >= 11 is 0. The van der Waals surface area contributed by atoms with Crippen molar-refractivity contribution in [2.75, 3.05) is 29.0 Å². The zero-order valence-electron chi connectivity index (χ0n) is 18.9. The number of amides is 2. The number of H-pyrrole nitrogens is 1. The molecule has 2 atom stereocenters. The Bertz CT molecular complexity index is 1190. The maximum absolute atomic E-state index is 12.5. The summed E-state index contributed by atoms with van der Waals surface area (Å²) in [5.74, 6) is -3.06. The fourth-order valence-corrected chi connectivity index (χ4v) is 3.82. The molecule has 0 radical (unpaired) electrons. The molecule has 1 aromatic carbocycles. The van der Waals surface area contributed by atoms with Gasteiger partial charge in [0.25, 0.3) is 11.5 Å². The van der Waals surface area contributed by atoms with E-state index in [1.54, 1.807) is 12.1 Å². The Morgan fingerprint density at radius 2 is 1.91 bits per heavy atom. The first kappa shape index (κ1) is 25.2. The Balaban J connectivity index is 1.69. The van der Waals surface area contributed by atoms with E-state index in [-0.39, 0.29) is 35.3 Å². The molecule has 35 heavy (non-hydrogen) atoms. The van der Waals surface area contributed by atoms with E-state index in [2.05, 4.69) is 20.6 Å². The number of anilines is 3. The summed E-state index contributed by atoms with van der Waals surface area (Å²) in [7, 11) is 0. The summed E-state index contributed by atoms with van der Waals surface area (Å²) in [6.07, 6.45) is -0.266. The number of rotatable bonds is 9. The molecule has 2 heterocycles. The molecule has 2 aromatic rings. The van der Waals surface area contributed by atoms with E-state index in [1.807, 2.05) is 0 Å². The first-order chi connectivity index (χ1) is 16.5. The summed E-state index contributed by atoms with van der Waals surface area (Å²) < 4.78 is 0. The Morgan fingerprint density at radius 1 is 1.23 bits per heavy atom. The maximum Gasteiger partial charge on any atom is 0.326 e. The van der Waals surface area contributed by atoms with Crippen molar-refractivity contribution >= 4 is 41.2 Å². The van der Waals surface area contributed by atoms with Crippen LogP contribution in [0.2, 0.25) is 0 Å². The van der Waals surface area contributed by atoms with Gasteiger partial charge in [0.05, 0.1) is 5.56 Å². The minimum Gasteiger partial charge on any atom is -0.481 e. The van der Waals surface area contributed by atoms with Crippen molar-refractivity contribution in [1.29, 1.82) is 0 Å². The van der Waals surface area contributed by atoms with Crippen LogP contribution < -0.4 is 26.8 Å². The van der Waals surface area contributed by atoms with Crippen LogP contribution in [0, 0.1) is 5.92 Å². The lowest BCUT2D eigenvalue weighted by Crippen LogP contribution is -2.41. The zero-order chi connectivity index (χ0) is 25.7. The van der Waals surface area contributed by atoms with Crippen LogP contribution in [0.3, 0.4) is 0 Å². The van der Waals surface area contributed by atoms with Gasteiger partial charge in [-0.15, -0.1) is 0 Å². The number of carbonyl (C=O) groups excluding carboxylic acids is 2. The fraction of sp³-hybridized carbons (Fsp3) is 0.364. The molecule has 13 nitrogen and oxygen atoms in total. The molecular formula is C22H26N6O7. The number of aromatic amines is 1. The van der Waals surface area contributed by atoms with Crippen molar-refractivity contribution in [3.8, 4) is 0 Å². The first-order valence-electron chi connectivity index (χ1n) is 10.8. The number of nitrogens with one attached hydrogen (secondary N) is 3. The second kappa shape index (κ2) is 10.7. The SMILES string of the molecule is CC(=O)N(CC1CNc2nc(N)[nH]c(=O)c2C1)c1ccc(C(=O)N[C@@H](CCC(=O)O)C(=O)O)cc1. The van der Waals surface area contributed by atoms with Crippen molar-refractivity contribution in [3.63, 3.8) is 0 Å². The van der Waals surface area contributed by atoms with Crippen LogP contribution in [0.4, 0.5) is 17.5 Å². The number of fused-ring (bicyclic) bond motifs is 1. The van der Waals surface area contributed by atoms with E-state index in [4.69, 9.17) is 10.8 Å². The highest BCUT2D eigenvalue weighted by molar-refractivity contribution is 5.98. The maximum atomic E-state index is 12.5. The molecular weight excluding hydrogens is 460 g/mol. The molecule has 0 spiro atoms. The van der Waals surface area contributed by atoms with E-state index in [0.29, 0.717) is 36.6 Å². The lowest BCUT2D eigenvalue weighted by atomic mass is 9.96. The molecule has 1 aliphatic rings. The number of nitrogens with two attached hydrogens (primary N) is 1. The second-order valence-corrected chi connectivity index (χ2v) is 8.20. The summed E-state index contributed by atoms with van der Waals surface area (Å²) in [4.78, 5) is 67.1. The van der Waals surface area contributed by atoms with E-state index in [9.17, 15) is 29.1 Å². The summed E-state index contributed by atoms with van der Waals surface area (Å²) in [5.41, 5.74) is 6.37. The zero-order valence-corrected chi connectivity index (χ0v) is 18.9. The molecule has 1 unspecified atom stereocenters. The molecule has 7 N–H and O–H groups in total. The van der Waals surface area contributed by atoms with Gasteiger partial charge >= 0.3 is 11.9 Å². The normalized spacial score (nSPS) is 15.3. The number of carbonyl (C=O) groups is 4. The third kappa shape index (κ3) is 6.34. The van der Waals surface area contributed by atoms with E-state index >= 15 is 0 Å². The average Bonchev–Trinajstić information content (AvgIpc) is 2.79. The van der Waals surface area contributed by atoms with E-state index in [0.717, 1.165) is 0 Å². The van der Waals surface area contributed by atoms with Crippen molar-refractivity contribution in [1.82, 2.24) is 15.3 Å². The smallest absolute Gasteiger partial charge is 0.326 e. The quantitative estimate of drug-likeness (QED) is 0.280. The highest BCUT2D eigenvalue weighted by atomic mass is 16.4. The molecule has 0 aliphatic carbocycles. The summed E-state index contributed by atoms with van der Waals surface area (Å²) in [6, 6.07) is 4.66. The molecule has 3 rings (SSSR count). The highest BCUT2D eigenvalue weighted by Crippen LogP contribution is 2.24. The van der Waals surface area contributed by atoms with Gasteiger partial charge in [-0.1, -0.05) is 0 Å².